The summed E-state index contributed by atoms with van der Waals surface area (Å²) in [4.78, 5) is 2.55. The molecule has 2 aliphatic heterocycles. The zero-order valence-corrected chi connectivity index (χ0v) is 16.2. The predicted octanol–water partition coefficient (Wildman–Crippen LogP) is 5.53. The smallest absolute Gasteiger partial charge is 0.127 e. The molecule has 0 saturated heterocycles. The van der Waals surface area contributed by atoms with E-state index in [9.17, 15) is 0 Å². The molecular formula is C25H25NO2. The zero-order valence-electron chi connectivity index (χ0n) is 16.2. The molecule has 3 aromatic rings. The van der Waals surface area contributed by atoms with Gasteiger partial charge < -0.3 is 9.47 Å². The van der Waals surface area contributed by atoms with Gasteiger partial charge >= 0.3 is 0 Å². The first-order valence-corrected chi connectivity index (χ1v) is 10.1. The van der Waals surface area contributed by atoms with E-state index < -0.39 is 0 Å². The lowest BCUT2D eigenvalue weighted by atomic mass is 9.96. The van der Waals surface area contributed by atoms with Crippen LogP contribution in [0.5, 0.6) is 17.2 Å². The summed E-state index contributed by atoms with van der Waals surface area (Å²) in [5, 5.41) is 0. The number of hydrogen-bond acceptors (Lipinski definition) is 3. The minimum atomic E-state index is 0.378. The van der Waals surface area contributed by atoms with Crippen LogP contribution in [0.15, 0.2) is 66.7 Å². The van der Waals surface area contributed by atoms with E-state index in [4.69, 9.17) is 9.47 Å². The molecule has 0 aromatic heterocycles. The van der Waals surface area contributed by atoms with Crippen molar-refractivity contribution in [2.45, 2.75) is 32.4 Å². The summed E-state index contributed by atoms with van der Waals surface area (Å²) >= 11 is 0. The quantitative estimate of drug-likeness (QED) is 0.602. The molecule has 0 saturated carbocycles. The predicted molar refractivity (Wildman–Crippen MR) is 111 cm³/mol. The second-order valence-electron chi connectivity index (χ2n) is 7.71. The highest BCUT2D eigenvalue weighted by Crippen LogP contribution is 2.34. The Bertz CT molecular complexity index is 983. The summed E-state index contributed by atoms with van der Waals surface area (Å²) in [7, 11) is 0. The van der Waals surface area contributed by atoms with Gasteiger partial charge in [-0.2, -0.15) is 0 Å². The van der Waals surface area contributed by atoms with Crippen LogP contribution in [0.2, 0.25) is 0 Å². The summed E-state index contributed by atoms with van der Waals surface area (Å²) in [5.74, 6) is 2.87. The fraction of sp³-hybridized carbons (Fsp3) is 0.280. The lowest BCUT2D eigenvalue weighted by molar-refractivity contribution is 0.192. The van der Waals surface area contributed by atoms with Crippen molar-refractivity contribution in [2.75, 3.05) is 13.2 Å². The molecule has 2 heterocycles. The average Bonchev–Trinajstić information content (AvgIpc) is 3.21. The second-order valence-corrected chi connectivity index (χ2v) is 7.71. The standard InChI is InChI=1S/C25H25NO2/c1-18(20-8-7-19-12-14-27-25(19)16-20)26-13-11-21-15-24(10-9-22(21)17-26)28-23-5-3-2-4-6-23/h2-10,15-16,18H,11-14,17H2,1H3. The maximum absolute atomic E-state index is 6.00. The summed E-state index contributed by atoms with van der Waals surface area (Å²) < 4.78 is 11.8. The molecule has 3 aromatic carbocycles. The van der Waals surface area contributed by atoms with Gasteiger partial charge in [-0.15, -0.1) is 0 Å². The number of benzene rings is 3. The summed E-state index contributed by atoms with van der Waals surface area (Å²) in [6.45, 7) is 5.15. The van der Waals surface area contributed by atoms with E-state index >= 15 is 0 Å². The number of fused-ring (bicyclic) bond motifs is 2. The Morgan fingerprint density at radius 3 is 2.61 bits per heavy atom. The van der Waals surface area contributed by atoms with Crippen molar-refractivity contribution in [3.8, 4) is 17.2 Å². The van der Waals surface area contributed by atoms with Crippen molar-refractivity contribution in [1.82, 2.24) is 4.90 Å². The Morgan fingerprint density at radius 1 is 0.857 bits per heavy atom. The van der Waals surface area contributed by atoms with Gasteiger partial charge in [0.15, 0.2) is 0 Å². The minimum absolute atomic E-state index is 0.378. The van der Waals surface area contributed by atoms with Crippen LogP contribution in [0.4, 0.5) is 0 Å². The SMILES string of the molecule is CC(c1ccc2c(c1)OCC2)N1CCc2cc(Oc3ccccc3)ccc2C1. The Labute approximate surface area is 166 Å². The summed E-state index contributed by atoms with van der Waals surface area (Å²) in [6.07, 6.45) is 2.08. The zero-order chi connectivity index (χ0) is 18.9. The largest absolute Gasteiger partial charge is 0.493 e. The maximum atomic E-state index is 6.00. The molecule has 0 spiro atoms. The van der Waals surface area contributed by atoms with Gasteiger partial charge in [-0.05, 0) is 65.9 Å². The van der Waals surface area contributed by atoms with E-state index in [1.165, 1.54) is 22.3 Å². The molecular weight excluding hydrogens is 346 g/mol. The number of nitrogens with zero attached hydrogens (tertiary/aromatic N) is 1. The van der Waals surface area contributed by atoms with Crippen molar-refractivity contribution >= 4 is 0 Å². The number of ether oxygens (including phenoxy) is 2. The first-order valence-electron chi connectivity index (χ1n) is 10.1. The molecule has 0 bridgehead atoms. The van der Waals surface area contributed by atoms with Crippen molar-refractivity contribution in [2.24, 2.45) is 0 Å². The van der Waals surface area contributed by atoms with Crippen LogP contribution in [-0.2, 0) is 19.4 Å². The van der Waals surface area contributed by atoms with E-state index in [-0.39, 0.29) is 0 Å². The van der Waals surface area contributed by atoms with E-state index in [0.29, 0.717) is 6.04 Å². The van der Waals surface area contributed by atoms with Crippen molar-refractivity contribution in [3.63, 3.8) is 0 Å². The molecule has 0 amide bonds. The lowest BCUT2D eigenvalue weighted by Crippen LogP contribution is -2.32. The molecule has 1 atom stereocenters. The molecule has 1 unspecified atom stereocenters. The van der Waals surface area contributed by atoms with E-state index in [0.717, 1.165) is 49.8 Å². The monoisotopic (exact) mass is 371 g/mol. The van der Waals surface area contributed by atoms with Crippen LogP contribution in [0.25, 0.3) is 0 Å². The number of para-hydroxylation sites is 1. The van der Waals surface area contributed by atoms with E-state index in [1.807, 2.05) is 30.3 Å². The molecule has 2 aliphatic rings. The summed E-state index contributed by atoms with van der Waals surface area (Å²) in [6, 6.07) is 23.6. The molecule has 28 heavy (non-hydrogen) atoms. The molecule has 5 rings (SSSR count). The van der Waals surface area contributed by atoms with Gasteiger partial charge in [-0.25, -0.2) is 0 Å². The average molecular weight is 371 g/mol. The van der Waals surface area contributed by atoms with Crippen LogP contribution >= 0.6 is 0 Å². The normalized spacial score (nSPS) is 16.8. The highest BCUT2D eigenvalue weighted by atomic mass is 16.5. The van der Waals surface area contributed by atoms with E-state index in [2.05, 4.69) is 48.2 Å². The molecule has 0 N–H and O–H groups in total. The first kappa shape index (κ1) is 17.3. The molecule has 3 nitrogen and oxygen atoms in total. The highest BCUT2D eigenvalue weighted by molar-refractivity contribution is 5.42. The van der Waals surface area contributed by atoms with Crippen LogP contribution in [0, 0.1) is 0 Å². The third-order valence-corrected chi connectivity index (χ3v) is 5.95. The van der Waals surface area contributed by atoms with Gasteiger partial charge in [-0.3, -0.25) is 4.90 Å². The van der Waals surface area contributed by atoms with Crippen LogP contribution < -0.4 is 9.47 Å². The fourth-order valence-corrected chi connectivity index (χ4v) is 4.22. The Hall–Kier alpha value is -2.78. The Balaban J connectivity index is 1.31. The molecule has 0 fully saturated rings. The van der Waals surface area contributed by atoms with Crippen LogP contribution in [-0.4, -0.2) is 18.1 Å². The van der Waals surface area contributed by atoms with E-state index in [1.54, 1.807) is 0 Å². The van der Waals surface area contributed by atoms with Gasteiger partial charge in [-0.1, -0.05) is 36.4 Å². The Morgan fingerprint density at radius 2 is 1.71 bits per heavy atom. The molecule has 3 heteroatoms. The van der Waals surface area contributed by atoms with Gasteiger partial charge in [0.2, 0.25) is 0 Å². The lowest BCUT2D eigenvalue weighted by Gasteiger charge is -2.34. The van der Waals surface area contributed by atoms with Gasteiger partial charge in [0.1, 0.15) is 17.2 Å². The number of hydrogen-bond donors (Lipinski definition) is 0. The van der Waals surface area contributed by atoms with Gasteiger partial charge in [0.25, 0.3) is 0 Å². The number of rotatable bonds is 4. The van der Waals surface area contributed by atoms with Gasteiger partial charge in [0.05, 0.1) is 6.61 Å². The first-order chi connectivity index (χ1) is 13.8. The summed E-state index contributed by atoms with van der Waals surface area (Å²) in [5.41, 5.74) is 5.48. The second kappa shape index (κ2) is 7.33. The third-order valence-electron chi connectivity index (χ3n) is 5.95. The highest BCUT2D eigenvalue weighted by Gasteiger charge is 2.23. The van der Waals surface area contributed by atoms with Crippen LogP contribution in [0.1, 0.15) is 35.2 Å². The third kappa shape index (κ3) is 3.38. The van der Waals surface area contributed by atoms with Crippen molar-refractivity contribution in [1.29, 1.82) is 0 Å². The Kier molecular flexibility index (Phi) is 4.53. The van der Waals surface area contributed by atoms with Crippen molar-refractivity contribution < 1.29 is 9.47 Å². The van der Waals surface area contributed by atoms with Crippen molar-refractivity contribution in [3.05, 3.63) is 89.0 Å². The molecule has 142 valence electrons. The van der Waals surface area contributed by atoms with Gasteiger partial charge in [0, 0.05) is 25.6 Å². The molecule has 0 radical (unpaired) electrons. The van der Waals surface area contributed by atoms with Crippen LogP contribution in [0.3, 0.4) is 0 Å². The topological polar surface area (TPSA) is 21.7 Å². The minimum Gasteiger partial charge on any atom is -0.493 e. The fourth-order valence-electron chi connectivity index (χ4n) is 4.22. The molecule has 0 aliphatic carbocycles. The maximum Gasteiger partial charge on any atom is 0.127 e.